The van der Waals surface area contributed by atoms with Gasteiger partial charge >= 0.3 is 5.97 Å². The third-order valence-electron chi connectivity index (χ3n) is 5.81. The number of hydrogen-bond acceptors (Lipinski definition) is 5. The number of ether oxygens (including phenoxy) is 2. The van der Waals surface area contributed by atoms with Crippen LogP contribution < -0.4 is 9.46 Å². The zero-order valence-electron chi connectivity index (χ0n) is 21.7. The minimum Gasteiger partial charge on any atom is -0.493 e. The molecule has 192 valence electrons. The van der Waals surface area contributed by atoms with Crippen LogP contribution in [0.15, 0.2) is 24.3 Å². The molecule has 3 rings (SSSR count). The van der Waals surface area contributed by atoms with Crippen LogP contribution in [0.4, 0.5) is 5.69 Å². The first-order valence-corrected chi connectivity index (χ1v) is 13.6. The highest BCUT2D eigenvalue weighted by Crippen LogP contribution is 2.42. The van der Waals surface area contributed by atoms with Gasteiger partial charge in [0.1, 0.15) is 5.75 Å². The monoisotopic (exact) mass is 503 g/mol. The van der Waals surface area contributed by atoms with E-state index in [-0.39, 0.29) is 11.7 Å². The largest absolute Gasteiger partial charge is 0.493 e. The van der Waals surface area contributed by atoms with Gasteiger partial charge in [-0.3, -0.25) is 4.72 Å². The molecule has 7 nitrogen and oxygen atoms in total. The molecule has 0 aromatic heterocycles. The fourth-order valence-electron chi connectivity index (χ4n) is 4.51. The number of rotatable bonds is 8. The summed E-state index contributed by atoms with van der Waals surface area (Å²) in [6.07, 6.45) is 0.512. The highest BCUT2D eigenvalue weighted by atomic mass is 32.2. The SMILES string of the molecule is Cc1cc(NS(=O)(=O)CC(C)C)c(C)c(C(OC(C)(C)C)C(=O)O)c1-c1ccc2c(c1)CCCO2. The van der Waals surface area contributed by atoms with Gasteiger partial charge in [-0.2, -0.15) is 0 Å². The van der Waals surface area contributed by atoms with E-state index in [0.717, 1.165) is 40.8 Å². The van der Waals surface area contributed by atoms with Crippen molar-refractivity contribution >= 4 is 21.7 Å². The maximum atomic E-state index is 12.8. The van der Waals surface area contributed by atoms with Gasteiger partial charge in [0.05, 0.1) is 23.6 Å². The molecule has 0 amide bonds. The van der Waals surface area contributed by atoms with Crippen molar-refractivity contribution in [2.24, 2.45) is 5.92 Å². The molecule has 0 radical (unpaired) electrons. The Labute approximate surface area is 208 Å². The zero-order chi connectivity index (χ0) is 26.1. The maximum absolute atomic E-state index is 12.8. The summed E-state index contributed by atoms with van der Waals surface area (Å²) in [7, 11) is -3.62. The van der Waals surface area contributed by atoms with Gasteiger partial charge in [-0.05, 0) is 99.4 Å². The van der Waals surface area contributed by atoms with Crippen LogP contribution in [0.1, 0.15) is 69.4 Å². The minimum absolute atomic E-state index is 0.0335. The lowest BCUT2D eigenvalue weighted by Gasteiger charge is -2.30. The normalized spacial score (nSPS) is 14.9. The van der Waals surface area contributed by atoms with Crippen molar-refractivity contribution < 1.29 is 27.8 Å². The molecule has 0 spiro atoms. The highest BCUT2D eigenvalue weighted by Gasteiger charge is 2.33. The molecule has 0 fully saturated rings. The molecule has 1 unspecified atom stereocenters. The molecule has 0 aliphatic carbocycles. The fourth-order valence-corrected chi connectivity index (χ4v) is 6.02. The number of anilines is 1. The van der Waals surface area contributed by atoms with Crippen LogP contribution in [0, 0.1) is 19.8 Å². The van der Waals surface area contributed by atoms with Gasteiger partial charge < -0.3 is 14.6 Å². The third-order valence-corrected chi connectivity index (χ3v) is 7.44. The van der Waals surface area contributed by atoms with E-state index in [2.05, 4.69) is 4.72 Å². The summed E-state index contributed by atoms with van der Waals surface area (Å²) >= 11 is 0. The molecule has 0 bridgehead atoms. The Hall–Kier alpha value is -2.58. The average molecular weight is 504 g/mol. The molecule has 2 aromatic rings. The van der Waals surface area contributed by atoms with Crippen LogP contribution in [0.2, 0.25) is 0 Å². The van der Waals surface area contributed by atoms with E-state index in [4.69, 9.17) is 9.47 Å². The van der Waals surface area contributed by atoms with E-state index in [1.54, 1.807) is 33.8 Å². The number of carboxylic acid groups (broad SMARTS) is 1. The Kier molecular flexibility index (Phi) is 7.86. The van der Waals surface area contributed by atoms with Crippen LogP contribution in [-0.4, -0.2) is 37.5 Å². The molecule has 0 saturated heterocycles. The van der Waals surface area contributed by atoms with Crippen LogP contribution in [0.5, 0.6) is 5.75 Å². The summed E-state index contributed by atoms with van der Waals surface area (Å²) in [5, 5.41) is 10.2. The first-order chi connectivity index (χ1) is 16.2. The molecule has 2 N–H and O–H groups in total. The predicted octanol–water partition coefficient (Wildman–Crippen LogP) is 5.63. The van der Waals surface area contributed by atoms with E-state index >= 15 is 0 Å². The minimum atomic E-state index is -3.62. The van der Waals surface area contributed by atoms with Crippen molar-refractivity contribution in [3.8, 4) is 16.9 Å². The molecule has 2 aromatic carbocycles. The molecule has 1 atom stereocenters. The lowest BCUT2D eigenvalue weighted by Crippen LogP contribution is -2.29. The molecular weight excluding hydrogens is 466 g/mol. The van der Waals surface area contributed by atoms with Crippen molar-refractivity contribution in [2.75, 3.05) is 17.1 Å². The van der Waals surface area contributed by atoms with E-state index in [1.165, 1.54) is 0 Å². The quantitative estimate of drug-likeness (QED) is 0.484. The summed E-state index contributed by atoms with van der Waals surface area (Å²) in [6, 6.07) is 7.66. The first-order valence-electron chi connectivity index (χ1n) is 12.0. The second-order valence-electron chi connectivity index (χ2n) is 10.7. The summed E-state index contributed by atoms with van der Waals surface area (Å²) in [6.45, 7) is 13.4. The zero-order valence-corrected chi connectivity index (χ0v) is 22.5. The number of fused-ring (bicyclic) bond motifs is 1. The number of aliphatic carboxylic acids is 1. The molecule has 8 heteroatoms. The summed E-state index contributed by atoms with van der Waals surface area (Å²) < 4.78 is 40.0. The number of nitrogens with one attached hydrogen (secondary N) is 1. The summed E-state index contributed by atoms with van der Waals surface area (Å²) in [4.78, 5) is 12.5. The van der Waals surface area contributed by atoms with E-state index in [0.29, 0.717) is 23.4 Å². The number of benzene rings is 2. The second kappa shape index (κ2) is 10.2. The topological polar surface area (TPSA) is 102 Å². The Balaban J connectivity index is 2.26. The van der Waals surface area contributed by atoms with Gasteiger partial charge in [0, 0.05) is 5.56 Å². The predicted molar refractivity (Wildman–Crippen MR) is 139 cm³/mol. The molecule has 35 heavy (non-hydrogen) atoms. The lowest BCUT2D eigenvalue weighted by molar-refractivity contribution is -0.160. The smallest absolute Gasteiger partial charge is 0.337 e. The van der Waals surface area contributed by atoms with Gasteiger partial charge in [-0.1, -0.05) is 19.9 Å². The maximum Gasteiger partial charge on any atom is 0.337 e. The lowest BCUT2D eigenvalue weighted by atomic mass is 9.86. The molecular formula is C27H37NO6S. The van der Waals surface area contributed by atoms with Gasteiger partial charge in [0.25, 0.3) is 0 Å². The number of carboxylic acids is 1. The molecule has 1 aliphatic heterocycles. The third kappa shape index (κ3) is 6.55. The van der Waals surface area contributed by atoms with E-state index in [9.17, 15) is 18.3 Å². The summed E-state index contributed by atoms with van der Waals surface area (Å²) in [5.74, 6) is -0.378. The average Bonchev–Trinajstić information content (AvgIpc) is 2.72. The number of aryl methyl sites for hydroxylation is 2. The Bertz CT molecular complexity index is 1210. The Morgan fingerprint density at radius 1 is 1.20 bits per heavy atom. The number of carbonyl (C=O) groups is 1. The van der Waals surface area contributed by atoms with Crippen LogP contribution in [-0.2, 0) is 26.0 Å². The summed E-state index contributed by atoms with van der Waals surface area (Å²) in [5.41, 5.74) is 4.03. The van der Waals surface area contributed by atoms with Crippen molar-refractivity contribution in [2.45, 2.75) is 73.0 Å². The Morgan fingerprint density at radius 2 is 1.89 bits per heavy atom. The fraction of sp³-hybridized carbons (Fsp3) is 0.519. The van der Waals surface area contributed by atoms with Crippen molar-refractivity contribution in [1.29, 1.82) is 0 Å². The number of hydrogen-bond donors (Lipinski definition) is 2. The van der Waals surface area contributed by atoms with Gasteiger partial charge in [0.15, 0.2) is 6.10 Å². The first kappa shape index (κ1) is 27.0. The van der Waals surface area contributed by atoms with Crippen LogP contribution >= 0.6 is 0 Å². The van der Waals surface area contributed by atoms with Crippen molar-refractivity contribution in [3.63, 3.8) is 0 Å². The van der Waals surface area contributed by atoms with Crippen LogP contribution in [0.25, 0.3) is 11.1 Å². The molecule has 1 heterocycles. The van der Waals surface area contributed by atoms with Gasteiger partial charge in [0.2, 0.25) is 10.0 Å². The standard InChI is InChI=1S/C27H37NO6S/c1-16(2)15-35(31,32)28-21-13-17(3)23(20-10-11-22-19(14-20)9-8-12-33-22)24(18(21)4)25(26(29)30)34-27(5,6)7/h10-11,13-14,16,25,28H,8-9,12,15H2,1-7H3,(H,29,30). The molecule has 0 saturated carbocycles. The van der Waals surface area contributed by atoms with E-state index in [1.807, 2.05) is 39.0 Å². The van der Waals surface area contributed by atoms with Crippen molar-refractivity contribution in [1.82, 2.24) is 0 Å². The van der Waals surface area contributed by atoms with Crippen LogP contribution in [0.3, 0.4) is 0 Å². The molecule has 1 aliphatic rings. The van der Waals surface area contributed by atoms with E-state index < -0.39 is 27.7 Å². The van der Waals surface area contributed by atoms with Gasteiger partial charge in [-0.15, -0.1) is 0 Å². The highest BCUT2D eigenvalue weighted by molar-refractivity contribution is 7.92. The second-order valence-corrected chi connectivity index (χ2v) is 12.4. The van der Waals surface area contributed by atoms with Gasteiger partial charge in [-0.25, -0.2) is 13.2 Å². The Morgan fingerprint density at radius 3 is 2.49 bits per heavy atom. The number of sulfonamides is 1. The van der Waals surface area contributed by atoms with Crippen molar-refractivity contribution in [3.05, 3.63) is 46.5 Å².